The van der Waals surface area contributed by atoms with E-state index in [1.54, 1.807) is 12.1 Å². The molecule has 1 rings (SSSR count). The van der Waals surface area contributed by atoms with E-state index in [0.717, 1.165) is 17.8 Å². The normalized spacial score (nSPS) is 9.77. The summed E-state index contributed by atoms with van der Waals surface area (Å²) in [5.41, 5.74) is 2.34. The molecule has 1 heterocycles. The molecule has 0 fully saturated rings. The molecular formula is C10H13NO2. The number of nitrogens with zero attached hydrogens (tertiary/aromatic N) is 1. The monoisotopic (exact) mass is 179 g/mol. The lowest BCUT2D eigenvalue weighted by atomic mass is 10.2. The maximum absolute atomic E-state index is 11.2. The minimum Gasteiger partial charge on any atom is -0.465 e. The lowest BCUT2D eigenvalue weighted by Gasteiger charge is -2.03. The highest BCUT2D eigenvalue weighted by Crippen LogP contribution is 2.07. The number of pyridine rings is 1. The van der Waals surface area contributed by atoms with E-state index in [1.165, 1.54) is 7.11 Å². The van der Waals surface area contributed by atoms with Crippen molar-refractivity contribution in [2.24, 2.45) is 0 Å². The molecule has 3 nitrogen and oxygen atoms in total. The van der Waals surface area contributed by atoms with Gasteiger partial charge in [0.2, 0.25) is 0 Å². The van der Waals surface area contributed by atoms with Crippen molar-refractivity contribution < 1.29 is 9.53 Å². The Balaban J connectivity index is 3.08. The lowest BCUT2D eigenvalue weighted by Crippen LogP contribution is -2.04. The maximum atomic E-state index is 11.2. The molecular weight excluding hydrogens is 166 g/mol. The molecule has 0 unspecified atom stereocenters. The largest absolute Gasteiger partial charge is 0.465 e. The molecule has 0 aliphatic carbocycles. The molecule has 0 saturated heterocycles. The van der Waals surface area contributed by atoms with Gasteiger partial charge in [0.15, 0.2) is 0 Å². The van der Waals surface area contributed by atoms with Gasteiger partial charge in [0.05, 0.1) is 12.7 Å². The van der Waals surface area contributed by atoms with Gasteiger partial charge in [-0.2, -0.15) is 0 Å². The summed E-state index contributed by atoms with van der Waals surface area (Å²) in [5, 5.41) is 0. The van der Waals surface area contributed by atoms with Crippen LogP contribution in [0.1, 0.15) is 28.7 Å². The minimum absolute atomic E-state index is 0.305. The SMILES string of the molecule is CCc1cc(C(=O)OC)cc(C)n1. The zero-order valence-corrected chi connectivity index (χ0v) is 8.13. The Kier molecular flexibility index (Phi) is 3.01. The van der Waals surface area contributed by atoms with E-state index in [1.807, 2.05) is 13.8 Å². The van der Waals surface area contributed by atoms with Crippen molar-refractivity contribution in [3.05, 3.63) is 29.1 Å². The van der Waals surface area contributed by atoms with E-state index in [2.05, 4.69) is 9.72 Å². The standard InChI is InChI=1S/C10H13NO2/c1-4-9-6-8(10(12)13-3)5-7(2)11-9/h5-6H,4H2,1-3H3. The molecule has 0 N–H and O–H groups in total. The van der Waals surface area contributed by atoms with Gasteiger partial charge in [-0.1, -0.05) is 6.92 Å². The van der Waals surface area contributed by atoms with Gasteiger partial charge < -0.3 is 4.74 Å². The van der Waals surface area contributed by atoms with Crippen LogP contribution in [0.2, 0.25) is 0 Å². The third-order valence-electron chi connectivity index (χ3n) is 1.79. The molecule has 3 heteroatoms. The molecule has 1 aromatic rings. The van der Waals surface area contributed by atoms with Crippen LogP contribution < -0.4 is 0 Å². The number of aromatic nitrogens is 1. The van der Waals surface area contributed by atoms with Gasteiger partial charge in [0.1, 0.15) is 0 Å². The van der Waals surface area contributed by atoms with Gasteiger partial charge >= 0.3 is 5.97 Å². The number of rotatable bonds is 2. The topological polar surface area (TPSA) is 39.2 Å². The Morgan fingerprint density at radius 3 is 2.77 bits per heavy atom. The Morgan fingerprint density at radius 2 is 2.23 bits per heavy atom. The summed E-state index contributed by atoms with van der Waals surface area (Å²) in [4.78, 5) is 15.4. The fraction of sp³-hybridized carbons (Fsp3) is 0.400. The molecule has 0 aliphatic heterocycles. The minimum atomic E-state index is -0.305. The van der Waals surface area contributed by atoms with Crippen LogP contribution in [0.15, 0.2) is 12.1 Å². The van der Waals surface area contributed by atoms with E-state index in [9.17, 15) is 4.79 Å². The molecule has 0 saturated carbocycles. The van der Waals surface area contributed by atoms with Crippen molar-refractivity contribution in [2.45, 2.75) is 20.3 Å². The quantitative estimate of drug-likeness (QED) is 0.649. The van der Waals surface area contributed by atoms with Crippen LogP contribution in [0.4, 0.5) is 0 Å². The predicted octanol–water partition coefficient (Wildman–Crippen LogP) is 1.74. The van der Waals surface area contributed by atoms with Crippen molar-refractivity contribution in [2.75, 3.05) is 7.11 Å². The molecule has 1 aromatic heterocycles. The summed E-state index contributed by atoms with van der Waals surface area (Å²) in [6, 6.07) is 3.49. The molecule has 0 radical (unpaired) electrons. The van der Waals surface area contributed by atoms with Crippen LogP contribution in [0.25, 0.3) is 0 Å². The van der Waals surface area contributed by atoms with Crippen molar-refractivity contribution in [1.29, 1.82) is 0 Å². The highest BCUT2D eigenvalue weighted by Gasteiger charge is 2.07. The molecule has 0 aliphatic rings. The number of carbonyl (C=O) groups excluding carboxylic acids is 1. The first kappa shape index (κ1) is 9.71. The van der Waals surface area contributed by atoms with Crippen LogP contribution in [0.5, 0.6) is 0 Å². The number of hydrogen-bond donors (Lipinski definition) is 0. The second-order valence-electron chi connectivity index (χ2n) is 2.83. The van der Waals surface area contributed by atoms with Gasteiger partial charge in [-0.05, 0) is 25.5 Å². The average Bonchev–Trinajstić information content (AvgIpc) is 2.15. The molecule has 0 atom stereocenters. The Bertz CT molecular complexity index is 321. The molecule has 0 spiro atoms. The third-order valence-corrected chi connectivity index (χ3v) is 1.79. The van der Waals surface area contributed by atoms with Crippen LogP contribution in [0.3, 0.4) is 0 Å². The molecule has 70 valence electrons. The fourth-order valence-corrected chi connectivity index (χ4v) is 1.15. The Morgan fingerprint density at radius 1 is 1.54 bits per heavy atom. The van der Waals surface area contributed by atoms with E-state index in [0.29, 0.717) is 5.56 Å². The molecule has 0 bridgehead atoms. The summed E-state index contributed by atoms with van der Waals surface area (Å²) >= 11 is 0. The number of carbonyl (C=O) groups is 1. The summed E-state index contributed by atoms with van der Waals surface area (Å²) in [5.74, 6) is -0.305. The Labute approximate surface area is 77.8 Å². The van der Waals surface area contributed by atoms with E-state index < -0.39 is 0 Å². The smallest absolute Gasteiger partial charge is 0.337 e. The van der Waals surface area contributed by atoms with Crippen LogP contribution in [0, 0.1) is 6.92 Å². The zero-order chi connectivity index (χ0) is 9.84. The number of aryl methyl sites for hydroxylation is 2. The van der Waals surface area contributed by atoms with Crippen molar-refractivity contribution >= 4 is 5.97 Å². The van der Waals surface area contributed by atoms with Crippen molar-refractivity contribution in [3.8, 4) is 0 Å². The van der Waals surface area contributed by atoms with Gasteiger partial charge in [-0.3, -0.25) is 4.98 Å². The molecule has 13 heavy (non-hydrogen) atoms. The first-order valence-corrected chi connectivity index (χ1v) is 4.23. The number of hydrogen-bond acceptors (Lipinski definition) is 3. The highest BCUT2D eigenvalue weighted by molar-refractivity contribution is 5.89. The van der Waals surface area contributed by atoms with Crippen molar-refractivity contribution in [1.82, 2.24) is 4.98 Å². The first-order chi connectivity index (χ1) is 6.17. The zero-order valence-electron chi connectivity index (χ0n) is 8.13. The van der Waals surface area contributed by atoms with Gasteiger partial charge in [0.25, 0.3) is 0 Å². The Hall–Kier alpha value is -1.38. The summed E-state index contributed by atoms with van der Waals surface area (Å²) < 4.78 is 4.62. The maximum Gasteiger partial charge on any atom is 0.337 e. The first-order valence-electron chi connectivity index (χ1n) is 4.23. The van der Waals surface area contributed by atoms with E-state index >= 15 is 0 Å². The van der Waals surface area contributed by atoms with Crippen LogP contribution in [-0.4, -0.2) is 18.1 Å². The average molecular weight is 179 g/mol. The second-order valence-corrected chi connectivity index (χ2v) is 2.83. The third kappa shape index (κ3) is 2.28. The summed E-state index contributed by atoms with van der Waals surface area (Å²) in [6.07, 6.45) is 0.825. The summed E-state index contributed by atoms with van der Waals surface area (Å²) in [7, 11) is 1.38. The fourth-order valence-electron chi connectivity index (χ4n) is 1.15. The lowest BCUT2D eigenvalue weighted by molar-refractivity contribution is 0.0600. The van der Waals surface area contributed by atoms with E-state index in [-0.39, 0.29) is 5.97 Å². The van der Waals surface area contributed by atoms with Gasteiger partial charge in [-0.25, -0.2) is 4.79 Å². The molecule has 0 amide bonds. The van der Waals surface area contributed by atoms with E-state index in [4.69, 9.17) is 0 Å². The van der Waals surface area contributed by atoms with Gasteiger partial charge in [0, 0.05) is 11.4 Å². The van der Waals surface area contributed by atoms with Gasteiger partial charge in [-0.15, -0.1) is 0 Å². The second kappa shape index (κ2) is 4.03. The number of methoxy groups -OCH3 is 1. The predicted molar refractivity (Wildman–Crippen MR) is 49.7 cm³/mol. The van der Waals surface area contributed by atoms with Crippen LogP contribution in [-0.2, 0) is 11.2 Å². The van der Waals surface area contributed by atoms with Crippen molar-refractivity contribution in [3.63, 3.8) is 0 Å². The highest BCUT2D eigenvalue weighted by atomic mass is 16.5. The summed E-state index contributed by atoms with van der Waals surface area (Å²) in [6.45, 7) is 3.87. The molecule has 0 aromatic carbocycles. The number of ether oxygens (including phenoxy) is 1. The number of esters is 1. The van der Waals surface area contributed by atoms with Crippen LogP contribution >= 0.6 is 0 Å².